The fraction of sp³-hybridized carbons (Fsp3) is 0.950. The molecule has 0 amide bonds. The van der Waals surface area contributed by atoms with Crippen molar-refractivity contribution in [3.8, 4) is 0 Å². The molecule has 0 unspecified atom stereocenters. The van der Waals surface area contributed by atoms with Crippen molar-refractivity contribution in [3.63, 3.8) is 0 Å². The van der Waals surface area contributed by atoms with Gasteiger partial charge in [-0.15, -0.1) is 0 Å². The standard InChI is InChI=1S/C40H78O5/c1-5-9-13-17-21-25-29-37(30-26-22-18-14-10-6-2)39(42)44-34-36(33-41)35-45-40(43)38(31-27-23-19-15-11-7-3)32-28-24-20-16-12-8-4/h36-38,41H,5-35H2,1-4H3. The van der Waals surface area contributed by atoms with Gasteiger partial charge in [-0.1, -0.05) is 182 Å². The molecule has 268 valence electrons. The van der Waals surface area contributed by atoms with Gasteiger partial charge in [0.25, 0.3) is 0 Å². The molecular formula is C40H78O5. The zero-order valence-electron chi connectivity index (χ0n) is 30.7. The van der Waals surface area contributed by atoms with Crippen molar-refractivity contribution in [2.24, 2.45) is 17.8 Å². The molecular weight excluding hydrogens is 560 g/mol. The lowest BCUT2D eigenvalue weighted by atomic mass is 9.94. The SMILES string of the molecule is CCCCCCCCC(CCCCCCCC)C(=O)OCC(CO)COC(=O)C(CCCCCCCC)CCCCCCCC. The fourth-order valence-electron chi connectivity index (χ4n) is 6.23. The van der Waals surface area contributed by atoms with Gasteiger partial charge in [0.05, 0.1) is 37.6 Å². The number of esters is 2. The van der Waals surface area contributed by atoms with E-state index in [-0.39, 0.29) is 49.5 Å². The van der Waals surface area contributed by atoms with Gasteiger partial charge in [-0.2, -0.15) is 0 Å². The Kier molecular flexibility index (Phi) is 33.4. The Balaban J connectivity index is 4.81. The highest BCUT2D eigenvalue weighted by Crippen LogP contribution is 2.23. The first-order chi connectivity index (χ1) is 22.0. The molecule has 0 aromatic rings. The summed E-state index contributed by atoms with van der Waals surface area (Å²) in [4.78, 5) is 26.3. The molecule has 0 heterocycles. The number of rotatable bonds is 35. The normalized spacial score (nSPS) is 11.6. The van der Waals surface area contributed by atoms with Crippen molar-refractivity contribution < 1.29 is 24.2 Å². The highest BCUT2D eigenvalue weighted by molar-refractivity contribution is 5.73. The Morgan fingerprint density at radius 2 is 0.667 bits per heavy atom. The Morgan fingerprint density at radius 3 is 0.911 bits per heavy atom. The van der Waals surface area contributed by atoms with Crippen molar-refractivity contribution in [3.05, 3.63) is 0 Å². The quantitative estimate of drug-likeness (QED) is 0.0552. The highest BCUT2D eigenvalue weighted by atomic mass is 16.5. The minimum atomic E-state index is -0.370. The molecule has 0 rings (SSSR count). The molecule has 1 N–H and O–H groups in total. The van der Waals surface area contributed by atoms with Crippen LogP contribution in [0.5, 0.6) is 0 Å². The molecule has 0 radical (unpaired) electrons. The summed E-state index contributed by atoms with van der Waals surface area (Å²) in [7, 11) is 0. The average molecular weight is 639 g/mol. The monoisotopic (exact) mass is 639 g/mol. The molecule has 0 fully saturated rings. The van der Waals surface area contributed by atoms with E-state index in [0.717, 1.165) is 51.4 Å². The molecule has 0 aliphatic heterocycles. The van der Waals surface area contributed by atoms with E-state index in [1.807, 2.05) is 0 Å². The van der Waals surface area contributed by atoms with Crippen molar-refractivity contribution in [1.82, 2.24) is 0 Å². The second kappa shape index (κ2) is 34.2. The van der Waals surface area contributed by atoms with E-state index in [1.54, 1.807) is 0 Å². The molecule has 0 spiro atoms. The Bertz CT molecular complexity index is 552. The summed E-state index contributed by atoms with van der Waals surface area (Å²) in [6, 6.07) is 0. The van der Waals surface area contributed by atoms with Gasteiger partial charge in [-0.3, -0.25) is 9.59 Å². The zero-order chi connectivity index (χ0) is 33.2. The van der Waals surface area contributed by atoms with E-state index in [9.17, 15) is 14.7 Å². The number of carbonyl (C=O) groups excluding carboxylic acids is 2. The van der Waals surface area contributed by atoms with E-state index in [1.165, 1.54) is 128 Å². The molecule has 5 nitrogen and oxygen atoms in total. The summed E-state index contributed by atoms with van der Waals surface area (Å²) in [5.74, 6) is -0.770. The molecule has 0 atom stereocenters. The van der Waals surface area contributed by atoms with Crippen molar-refractivity contribution >= 4 is 11.9 Å². The topological polar surface area (TPSA) is 72.8 Å². The smallest absolute Gasteiger partial charge is 0.308 e. The number of aliphatic hydroxyl groups excluding tert-OH is 1. The molecule has 0 saturated carbocycles. The minimum absolute atomic E-state index is 0.0664. The zero-order valence-corrected chi connectivity index (χ0v) is 30.7. The van der Waals surface area contributed by atoms with E-state index < -0.39 is 0 Å². The number of hydrogen-bond acceptors (Lipinski definition) is 5. The summed E-state index contributed by atoms with van der Waals surface area (Å²) in [6.07, 6.45) is 32.7. The van der Waals surface area contributed by atoms with Crippen LogP contribution in [0.25, 0.3) is 0 Å². The Morgan fingerprint density at radius 1 is 0.422 bits per heavy atom. The van der Waals surface area contributed by atoms with Crippen molar-refractivity contribution in [2.45, 2.75) is 207 Å². The van der Waals surface area contributed by atoms with Crippen LogP contribution in [0.15, 0.2) is 0 Å². The second-order valence-corrected chi connectivity index (χ2v) is 13.9. The largest absolute Gasteiger partial charge is 0.465 e. The lowest BCUT2D eigenvalue weighted by molar-refractivity contribution is -0.155. The molecule has 45 heavy (non-hydrogen) atoms. The third kappa shape index (κ3) is 27.7. The molecule has 5 heteroatoms. The van der Waals surface area contributed by atoms with E-state index in [4.69, 9.17) is 9.47 Å². The van der Waals surface area contributed by atoms with Crippen LogP contribution < -0.4 is 0 Å². The first-order valence-corrected chi connectivity index (χ1v) is 20.0. The third-order valence-electron chi connectivity index (χ3n) is 9.47. The summed E-state index contributed by atoms with van der Waals surface area (Å²) in [5.41, 5.74) is 0. The van der Waals surface area contributed by atoms with Crippen molar-refractivity contribution in [1.29, 1.82) is 0 Å². The maximum atomic E-state index is 13.2. The van der Waals surface area contributed by atoms with Gasteiger partial charge in [-0.25, -0.2) is 0 Å². The van der Waals surface area contributed by atoms with Crippen LogP contribution in [0.1, 0.15) is 207 Å². The van der Waals surface area contributed by atoms with Gasteiger partial charge < -0.3 is 14.6 Å². The Hall–Kier alpha value is -1.10. The molecule has 0 aliphatic rings. The molecule has 0 aliphatic carbocycles. The van der Waals surface area contributed by atoms with Crippen LogP contribution in [0.4, 0.5) is 0 Å². The van der Waals surface area contributed by atoms with E-state index >= 15 is 0 Å². The summed E-state index contributed by atoms with van der Waals surface area (Å²) >= 11 is 0. The first-order valence-electron chi connectivity index (χ1n) is 20.0. The van der Waals surface area contributed by atoms with Crippen LogP contribution in [-0.4, -0.2) is 36.9 Å². The fourth-order valence-corrected chi connectivity index (χ4v) is 6.23. The Labute approximate surface area is 280 Å². The van der Waals surface area contributed by atoms with Gasteiger partial charge in [0, 0.05) is 0 Å². The molecule has 0 aromatic carbocycles. The third-order valence-corrected chi connectivity index (χ3v) is 9.47. The predicted molar refractivity (Wildman–Crippen MR) is 191 cm³/mol. The van der Waals surface area contributed by atoms with Gasteiger partial charge in [-0.05, 0) is 25.7 Å². The lowest BCUT2D eigenvalue weighted by Crippen LogP contribution is -2.28. The number of unbranched alkanes of at least 4 members (excludes halogenated alkanes) is 20. The van der Waals surface area contributed by atoms with Gasteiger partial charge in [0.2, 0.25) is 0 Å². The first kappa shape index (κ1) is 43.9. The maximum absolute atomic E-state index is 13.2. The number of ether oxygens (including phenoxy) is 2. The van der Waals surface area contributed by atoms with Crippen LogP contribution in [0.2, 0.25) is 0 Å². The average Bonchev–Trinajstić information content (AvgIpc) is 3.05. The van der Waals surface area contributed by atoms with Crippen LogP contribution in [-0.2, 0) is 19.1 Å². The van der Waals surface area contributed by atoms with Crippen LogP contribution in [0.3, 0.4) is 0 Å². The van der Waals surface area contributed by atoms with Gasteiger partial charge >= 0.3 is 11.9 Å². The van der Waals surface area contributed by atoms with Crippen molar-refractivity contribution in [2.75, 3.05) is 19.8 Å². The molecule has 0 bridgehead atoms. The molecule has 0 aromatic heterocycles. The minimum Gasteiger partial charge on any atom is -0.465 e. The second-order valence-electron chi connectivity index (χ2n) is 13.9. The predicted octanol–water partition coefficient (Wildman–Crippen LogP) is 11.9. The van der Waals surface area contributed by atoms with Gasteiger partial charge in [0.1, 0.15) is 0 Å². The van der Waals surface area contributed by atoms with Crippen LogP contribution in [0, 0.1) is 17.8 Å². The number of hydrogen-bond donors (Lipinski definition) is 1. The number of carbonyl (C=O) groups is 2. The molecule has 0 saturated heterocycles. The van der Waals surface area contributed by atoms with Gasteiger partial charge in [0.15, 0.2) is 0 Å². The highest BCUT2D eigenvalue weighted by Gasteiger charge is 2.24. The van der Waals surface area contributed by atoms with Crippen LogP contribution >= 0.6 is 0 Å². The summed E-state index contributed by atoms with van der Waals surface area (Å²) in [5, 5.41) is 10.0. The lowest BCUT2D eigenvalue weighted by Gasteiger charge is -2.21. The maximum Gasteiger partial charge on any atom is 0.308 e. The number of aliphatic hydroxyl groups is 1. The summed E-state index contributed by atoms with van der Waals surface area (Å²) < 4.78 is 11.5. The van der Waals surface area contributed by atoms with E-state index in [2.05, 4.69) is 27.7 Å². The summed E-state index contributed by atoms with van der Waals surface area (Å²) in [6.45, 7) is 9.02. The van der Waals surface area contributed by atoms with E-state index in [0.29, 0.717) is 0 Å².